The summed E-state index contributed by atoms with van der Waals surface area (Å²) in [5.74, 6) is 0.227. The predicted octanol–water partition coefficient (Wildman–Crippen LogP) is 5.62. The van der Waals surface area contributed by atoms with Crippen LogP contribution in [-0.4, -0.2) is 49.9 Å². The lowest BCUT2D eigenvalue weighted by molar-refractivity contribution is 0.109. The third-order valence-electron chi connectivity index (χ3n) is 5.76. The normalized spacial score (nSPS) is 18.2. The topological polar surface area (TPSA) is 136 Å². The Morgan fingerprint density at radius 1 is 1.13 bits per heavy atom. The fourth-order valence-electron chi connectivity index (χ4n) is 4.27. The van der Waals surface area contributed by atoms with Crippen molar-refractivity contribution in [1.82, 2.24) is 15.0 Å². The van der Waals surface area contributed by atoms with Crippen LogP contribution in [0.1, 0.15) is 78.2 Å². The van der Waals surface area contributed by atoms with Gasteiger partial charge in [0.15, 0.2) is 0 Å². The molecule has 1 aliphatic rings. The van der Waals surface area contributed by atoms with Crippen LogP contribution in [0.3, 0.4) is 0 Å². The summed E-state index contributed by atoms with van der Waals surface area (Å²) in [7, 11) is -3.93. The van der Waals surface area contributed by atoms with Gasteiger partial charge >= 0.3 is 12.2 Å². The average molecular weight is 567 g/mol. The van der Waals surface area contributed by atoms with E-state index in [0.29, 0.717) is 11.3 Å². The highest BCUT2D eigenvalue weighted by atomic mass is 32.2. The van der Waals surface area contributed by atoms with Gasteiger partial charge < -0.3 is 14.8 Å². The molecule has 0 bridgehead atoms. The van der Waals surface area contributed by atoms with E-state index >= 15 is 0 Å². The molecule has 1 aromatic heterocycles. The number of anilines is 1. The summed E-state index contributed by atoms with van der Waals surface area (Å²) >= 11 is 1.46. The van der Waals surface area contributed by atoms with Crippen LogP contribution in [-0.2, 0) is 19.5 Å². The summed E-state index contributed by atoms with van der Waals surface area (Å²) in [5, 5.41) is 6.44. The van der Waals surface area contributed by atoms with Gasteiger partial charge in [-0.15, -0.1) is 11.3 Å². The Kier molecular flexibility index (Phi) is 9.77. The number of hydrogen-bond donors (Lipinski definition) is 3. The zero-order valence-corrected chi connectivity index (χ0v) is 24.4. The molecule has 0 unspecified atom stereocenters. The molecule has 1 saturated carbocycles. The Bertz CT molecular complexity index is 1230. The molecule has 10 nitrogen and oxygen atoms in total. The maximum Gasteiger partial charge on any atom is 0.411 e. The van der Waals surface area contributed by atoms with Crippen LogP contribution in [0, 0.1) is 0 Å². The maximum atomic E-state index is 13.4. The van der Waals surface area contributed by atoms with E-state index in [1.165, 1.54) is 17.4 Å². The highest BCUT2D eigenvalue weighted by Crippen LogP contribution is 2.40. The summed E-state index contributed by atoms with van der Waals surface area (Å²) in [6, 6.07) is 4.83. The molecule has 2 amide bonds. The standard InChI is InChI=1S/C26H38N4O6S2/c1-7-35-24(31)29-19-12-13-20(22(14-19)38(33,34)30-26(4,5)6)21-15-27-23(37-21)17-8-10-18(11-9-17)28-25(32)36-16(2)3/h12-18,30H,7-11H2,1-6H3,(H,28,32)(H,29,31). The number of rotatable bonds is 8. The Hall–Kier alpha value is -2.70. The van der Waals surface area contributed by atoms with Crippen LogP contribution in [0.5, 0.6) is 0 Å². The molecule has 0 atom stereocenters. The van der Waals surface area contributed by atoms with Gasteiger partial charge in [-0.05, 0) is 79.4 Å². The largest absolute Gasteiger partial charge is 0.450 e. The first-order valence-corrected chi connectivity index (χ1v) is 15.1. The third-order valence-corrected chi connectivity index (χ3v) is 8.75. The highest BCUT2D eigenvalue weighted by Gasteiger charge is 2.29. The molecule has 210 valence electrons. The van der Waals surface area contributed by atoms with Gasteiger partial charge in [-0.1, -0.05) is 6.07 Å². The zero-order valence-electron chi connectivity index (χ0n) is 22.8. The smallest absolute Gasteiger partial charge is 0.411 e. The molecule has 1 aliphatic carbocycles. The number of benzene rings is 1. The minimum Gasteiger partial charge on any atom is -0.450 e. The van der Waals surface area contributed by atoms with E-state index in [0.717, 1.165) is 35.6 Å². The van der Waals surface area contributed by atoms with E-state index in [1.54, 1.807) is 46.0 Å². The first-order chi connectivity index (χ1) is 17.8. The van der Waals surface area contributed by atoms with Crippen LogP contribution >= 0.6 is 11.3 Å². The second kappa shape index (κ2) is 12.4. The second-order valence-corrected chi connectivity index (χ2v) is 13.3. The quantitative estimate of drug-likeness (QED) is 0.377. The Morgan fingerprint density at radius 2 is 1.82 bits per heavy atom. The van der Waals surface area contributed by atoms with Gasteiger partial charge in [-0.25, -0.2) is 27.7 Å². The lowest BCUT2D eigenvalue weighted by Crippen LogP contribution is -2.40. The molecule has 2 aromatic rings. The number of nitrogens with one attached hydrogen (secondary N) is 3. The van der Waals surface area contributed by atoms with Crippen molar-refractivity contribution in [3.05, 3.63) is 29.4 Å². The van der Waals surface area contributed by atoms with Gasteiger partial charge in [0.25, 0.3) is 0 Å². The molecular weight excluding hydrogens is 528 g/mol. The van der Waals surface area contributed by atoms with Crippen molar-refractivity contribution in [2.75, 3.05) is 11.9 Å². The minimum atomic E-state index is -3.93. The number of amides is 2. The SMILES string of the molecule is CCOC(=O)Nc1ccc(-c2cnc(C3CCC(NC(=O)OC(C)C)CC3)s2)c(S(=O)(=O)NC(C)(C)C)c1. The van der Waals surface area contributed by atoms with Crippen LogP contribution in [0.15, 0.2) is 29.3 Å². The van der Waals surface area contributed by atoms with Crippen molar-refractivity contribution in [2.45, 2.75) is 95.7 Å². The number of carbonyl (C=O) groups excluding carboxylic acids is 2. The minimum absolute atomic E-state index is 0.0495. The summed E-state index contributed by atoms with van der Waals surface area (Å²) < 4.78 is 39.6. The number of nitrogens with zero attached hydrogens (tertiary/aromatic N) is 1. The van der Waals surface area contributed by atoms with E-state index < -0.39 is 27.7 Å². The summed E-state index contributed by atoms with van der Waals surface area (Å²) in [5.41, 5.74) is 0.119. The molecule has 0 radical (unpaired) electrons. The number of alkyl carbamates (subject to hydrolysis) is 1. The molecule has 1 aromatic carbocycles. The van der Waals surface area contributed by atoms with E-state index in [1.807, 2.05) is 13.8 Å². The van der Waals surface area contributed by atoms with Gasteiger partial charge in [-0.2, -0.15) is 0 Å². The van der Waals surface area contributed by atoms with Crippen LogP contribution in [0.4, 0.5) is 15.3 Å². The first-order valence-electron chi connectivity index (χ1n) is 12.8. The Morgan fingerprint density at radius 3 is 2.42 bits per heavy atom. The molecular formula is C26H38N4O6S2. The molecule has 38 heavy (non-hydrogen) atoms. The molecule has 1 fully saturated rings. The van der Waals surface area contributed by atoms with Gasteiger partial charge in [0, 0.05) is 34.9 Å². The van der Waals surface area contributed by atoms with Crippen molar-refractivity contribution in [3.63, 3.8) is 0 Å². The van der Waals surface area contributed by atoms with E-state index in [-0.39, 0.29) is 29.6 Å². The number of aromatic nitrogens is 1. The number of sulfonamides is 1. The van der Waals surface area contributed by atoms with Gasteiger partial charge in [0.2, 0.25) is 10.0 Å². The molecule has 12 heteroatoms. The predicted molar refractivity (Wildman–Crippen MR) is 148 cm³/mol. The molecule has 3 rings (SSSR count). The molecule has 0 aliphatic heterocycles. The third kappa shape index (κ3) is 8.40. The van der Waals surface area contributed by atoms with Gasteiger partial charge in [0.1, 0.15) is 0 Å². The van der Waals surface area contributed by atoms with Crippen molar-refractivity contribution < 1.29 is 27.5 Å². The van der Waals surface area contributed by atoms with E-state index in [4.69, 9.17) is 9.47 Å². The monoisotopic (exact) mass is 566 g/mol. The second-order valence-electron chi connectivity index (χ2n) is 10.6. The lowest BCUT2D eigenvalue weighted by Gasteiger charge is -2.28. The first kappa shape index (κ1) is 29.9. The molecule has 0 saturated heterocycles. The Labute approximate surface area is 229 Å². The summed E-state index contributed by atoms with van der Waals surface area (Å²) in [6.45, 7) is 10.8. The maximum absolute atomic E-state index is 13.4. The fourth-order valence-corrected chi connectivity index (χ4v) is 7.13. The van der Waals surface area contributed by atoms with Crippen molar-refractivity contribution >= 4 is 39.2 Å². The van der Waals surface area contributed by atoms with Gasteiger partial charge in [-0.3, -0.25) is 5.32 Å². The number of carbonyl (C=O) groups is 2. The van der Waals surface area contributed by atoms with Crippen molar-refractivity contribution in [1.29, 1.82) is 0 Å². The van der Waals surface area contributed by atoms with E-state index in [9.17, 15) is 18.0 Å². The zero-order chi connectivity index (χ0) is 28.1. The highest BCUT2D eigenvalue weighted by molar-refractivity contribution is 7.89. The summed E-state index contributed by atoms with van der Waals surface area (Å²) in [4.78, 5) is 29.3. The van der Waals surface area contributed by atoms with Gasteiger partial charge in [0.05, 0.1) is 27.5 Å². The number of thiazole rings is 1. The lowest BCUT2D eigenvalue weighted by atomic mass is 9.86. The van der Waals surface area contributed by atoms with Crippen LogP contribution < -0.4 is 15.4 Å². The fraction of sp³-hybridized carbons (Fsp3) is 0.577. The van der Waals surface area contributed by atoms with Crippen LogP contribution in [0.25, 0.3) is 10.4 Å². The van der Waals surface area contributed by atoms with Crippen LogP contribution in [0.2, 0.25) is 0 Å². The number of ether oxygens (including phenoxy) is 2. The summed E-state index contributed by atoms with van der Waals surface area (Å²) in [6.07, 6.45) is 3.84. The Balaban J connectivity index is 1.82. The number of hydrogen-bond acceptors (Lipinski definition) is 8. The van der Waals surface area contributed by atoms with Crippen molar-refractivity contribution in [3.8, 4) is 10.4 Å². The molecule has 3 N–H and O–H groups in total. The van der Waals surface area contributed by atoms with Crippen molar-refractivity contribution in [2.24, 2.45) is 0 Å². The average Bonchev–Trinajstić information content (AvgIpc) is 3.27. The molecule has 1 heterocycles. The molecule has 0 spiro atoms. The van der Waals surface area contributed by atoms with E-state index in [2.05, 4.69) is 20.3 Å².